The summed E-state index contributed by atoms with van der Waals surface area (Å²) in [5.74, 6) is -0.301. The fourth-order valence-corrected chi connectivity index (χ4v) is 3.29. The van der Waals surface area contributed by atoms with Gasteiger partial charge >= 0.3 is 0 Å². The summed E-state index contributed by atoms with van der Waals surface area (Å²) in [6.07, 6.45) is 3.70. The van der Waals surface area contributed by atoms with Crippen LogP contribution in [-0.4, -0.2) is 18.9 Å². The van der Waals surface area contributed by atoms with Crippen LogP contribution in [0, 0.1) is 11.2 Å². The molecule has 0 aromatic heterocycles. The highest BCUT2D eigenvalue weighted by Gasteiger charge is 2.38. The van der Waals surface area contributed by atoms with E-state index in [0.717, 1.165) is 38.8 Å². The summed E-state index contributed by atoms with van der Waals surface area (Å²) in [5.41, 5.74) is 0.130. The SMILES string of the molecule is CCCC1(C(=O)Cc2cccc(Cl)c2F)CCNCC1. The van der Waals surface area contributed by atoms with Crippen molar-refractivity contribution in [2.75, 3.05) is 13.1 Å². The molecule has 0 radical (unpaired) electrons. The number of piperidine rings is 1. The number of hydrogen-bond acceptors (Lipinski definition) is 2. The zero-order valence-electron chi connectivity index (χ0n) is 11.8. The number of carbonyl (C=O) groups excluding carboxylic acids is 1. The summed E-state index contributed by atoms with van der Waals surface area (Å²) >= 11 is 5.78. The van der Waals surface area contributed by atoms with Crippen LogP contribution in [0.2, 0.25) is 5.02 Å². The fraction of sp³-hybridized carbons (Fsp3) is 0.562. The van der Waals surface area contributed by atoms with Gasteiger partial charge in [0.05, 0.1) is 5.02 Å². The largest absolute Gasteiger partial charge is 0.317 e. The van der Waals surface area contributed by atoms with Crippen LogP contribution < -0.4 is 5.32 Å². The summed E-state index contributed by atoms with van der Waals surface area (Å²) in [6.45, 7) is 3.82. The van der Waals surface area contributed by atoms with E-state index in [1.807, 2.05) is 0 Å². The number of carbonyl (C=O) groups is 1. The molecule has 0 atom stereocenters. The van der Waals surface area contributed by atoms with E-state index < -0.39 is 5.82 Å². The highest BCUT2D eigenvalue weighted by Crippen LogP contribution is 2.36. The van der Waals surface area contributed by atoms with Gasteiger partial charge in [-0.25, -0.2) is 4.39 Å². The lowest BCUT2D eigenvalue weighted by Gasteiger charge is -2.36. The maximum Gasteiger partial charge on any atom is 0.145 e. The molecule has 1 aromatic rings. The summed E-state index contributed by atoms with van der Waals surface area (Å²) in [4.78, 5) is 12.7. The van der Waals surface area contributed by atoms with Crippen molar-refractivity contribution in [3.63, 3.8) is 0 Å². The van der Waals surface area contributed by atoms with Crippen LogP contribution in [0.25, 0.3) is 0 Å². The number of benzene rings is 1. The second-order valence-corrected chi connectivity index (χ2v) is 6.00. The smallest absolute Gasteiger partial charge is 0.145 e. The van der Waals surface area contributed by atoms with E-state index in [1.54, 1.807) is 12.1 Å². The quantitative estimate of drug-likeness (QED) is 0.896. The molecular weight excluding hydrogens is 277 g/mol. The van der Waals surface area contributed by atoms with E-state index in [9.17, 15) is 9.18 Å². The number of hydrogen-bond donors (Lipinski definition) is 1. The number of Topliss-reactive ketones (excluding diaryl/α,β-unsaturated/α-hetero) is 1. The van der Waals surface area contributed by atoms with Gasteiger partial charge in [0.25, 0.3) is 0 Å². The second kappa shape index (κ2) is 6.68. The van der Waals surface area contributed by atoms with Crippen LogP contribution in [0.5, 0.6) is 0 Å². The third kappa shape index (κ3) is 3.21. The Kier molecular flexibility index (Phi) is 5.17. The molecule has 4 heteroatoms. The van der Waals surface area contributed by atoms with Crippen LogP contribution in [-0.2, 0) is 11.2 Å². The van der Waals surface area contributed by atoms with E-state index >= 15 is 0 Å². The molecule has 0 bridgehead atoms. The average Bonchev–Trinajstić information content (AvgIpc) is 2.45. The number of nitrogens with one attached hydrogen (secondary N) is 1. The predicted octanol–water partition coefficient (Wildman–Crippen LogP) is 3.76. The normalized spacial score (nSPS) is 17.9. The minimum absolute atomic E-state index is 0.0881. The van der Waals surface area contributed by atoms with Gasteiger partial charge in [0.2, 0.25) is 0 Å². The monoisotopic (exact) mass is 297 g/mol. The van der Waals surface area contributed by atoms with Crippen LogP contribution >= 0.6 is 11.6 Å². The van der Waals surface area contributed by atoms with Crippen LogP contribution in [0.4, 0.5) is 4.39 Å². The van der Waals surface area contributed by atoms with Gasteiger partial charge in [0, 0.05) is 11.8 Å². The van der Waals surface area contributed by atoms with Crippen molar-refractivity contribution in [2.45, 2.75) is 39.0 Å². The maximum absolute atomic E-state index is 13.9. The first kappa shape index (κ1) is 15.5. The Hall–Kier alpha value is -0.930. The molecule has 1 aliphatic rings. The Labute approximate surface area is 124 Å². The van der Waals surface area contributed by atoms with E-state index in [1.165, 1.54) is 6.07 Å². The minimum atomic E-state index is -0.455. The first-order valence-corrected chi connectivity index (χ1v) is 7.64. The molecule has 0 saturated carbocycles. The molecule has 0 spiro atoms. The lowest BCUT2D eigenvalue weighted by atomic mass is 9.70. The summed E-state index contributed by atoms with van der Waals surface area (Å²) in [6, 6.07) is 4.86. The van der Waals surface area contributed by atoms with Gasteiger partial charge in [-0.2, -0.15) is 0 Å². The Balaban J connectivity index is 2.18. The van der Waals surface area contributed by atoms with E-state index in [2.05, 4.69) is 12.2 Å². The predicted molar refractivity (Wildman–Crippen MR) is 79.6 cm³/mol. The molecule has 1 fully saturated rings. The van der Waals surface area contributed by atoms with Crippen molar-refractivity contribution in [2.24, 2.45) is 5.41 Å². The van der Waals surface area contributed by atoms with Gasteiger partial charge in [-0.05, 0) is 44.0 Å². The highest BCUT2D eigenvalue weighted by atomic mass is 35.5. The van der Waals surface area contributed by atoms with Gasteiger partial charge in [0.1, 0.15) is 11.6 Å². The average molecular weight is 298 g/mol. The fourth-order valence-electron chi connectivity index (χ4n) is 3.10. The second-order valence-electron chi connectivity index (χ2n) is 5.59. The van der Waals surface area contributed by atoms with Gasteiger partial charge in [-0.3, -0.25) is 4.79 Å². The Morgan fingerprint density at radius 2 is 2.10 bits per heavy atom. The Morgan fingerprint density at radius 3 is 2.75 bits per heavy atom. The van der Waals surface area contributed by atoms with Crippen LogP contribution in [0.3, 0.4) is 0 Å². The van der Waals surface area contributed by atoms with Crippen molar-refractivity contribution in [1.29, 1.82) is 0 Å². The maximum atomic E-state index is 13.9. The molecule has 1 aliphatic heterocycles. The van der Waals surface area contributed by atoms with Crippen molar-refractivity contribution in [3.8, 4) is 0 Å². The summed E-state index contributed by atoms with van der Waals surface area (Å²) < 4.78 is 13.9. The van der Waals surface area contributed by atoms with Gasteiger partial charge in [-0.1, -0.05) is 37.1 Å². The molecule has 110 valence electrons. The molecule has 20 heavy (non-hydrogen) atoms. The van der Waals surface area contributed by atoms with Crippen molar-refractivity contribution < 1.29 is 9.18 Å². The first-order valence-electron chi connectivity index (χ1n) is 7.26. The molecule has 0 amide bonds. The van der Waals surface area contributed by atoms with Crippen molar-refractivity contribution in [1.82, 2.24) is 5.32 Å². The van der Waals surface area contributed by atoms with E-state index in [0.29, 0.717) is 5.56 Å². The third-order valence-electron chi connectivity index (χ3n) is 4.26. The van der Waals surface area contributed by atoms with Crippen LogP contribution in [0.15, 0.2) is 18.2 Å². The molecule has 1 saturated heterocycles. The zero-order chi connectivity index (χ0) is 14.6. The number of ketones is 1. The molecule has 2 rings (SSSR count). The van der Waals surface area contributed by atoms with Crippen LogP contribution in [0.1, 0.15) is 38.2 Å². The van der Waals surface area contributed by atoms with E-state index in [4.69, 9.17) is 11.6 Å². The topological polar surface area (TPSA) is 29.1 Å². The molecule has 1 aromatic carbocycles. The molecule has 2 nitrogen and oxygen atoms in total. The zero-order valence-corrected chi connectivity index (χ0v) is 12.6. The van der Waals surface area contributed by atoms with E-state index in [-0.39, 0.29) is 22.6 Å². The molecular formula is C16H21ClFNO. The molecule has 1 heterocycles. The Morgan fingerprint density at radius 1 is 1.40 bits per heavy atom. The Bertz CT molecular complexity index is 478. The minimum Gasteiger partial charge on any atom is -0.317 e. The van der Waals surface area contributed by atoms with Gasteiger partial charge in [-0.15, -0.1) is 0 Å². The first-order chi connectivity index (χ1) is 9.59. The summed E-state index contributed by atoms with van der Waals surface area (Å²) in [5, 5.41) is 3.38. The highest BCUT2D eigenvalue weighted by molar-refractivity contribution is 6.30. The lowest BCUT2D eigenvalue weighted by Crippen LogP contribution is -2.42. The lowest BCUT2D eigenvalue weighted by molar-refractivity contribution is -0.130. The van der Waals surface area contributed by atoms with Gasteiger partial charge < -0.3 is 5.32 Å². The summed E-state index contributed by atoms with van der Waals surface area (Å²) in [7, 11) is 0. The van der Waals surface area contributed by atoms with Crippen molar-refractivity contribution >= 4 is 17.4 Å². The molecule has 0 aliphatic carbocycles. The number of rotatable bonds is 5. The van der Waals surface area contributed by atoms with Gasteiger partial charge in [0.15, 0.2) is 0 Å². The molecule has 0 unspecified atom stereocenters. The molecule has 1 N–H and O–H groups in total. The van der Waals surface area contributed by atoms with Crippen molar-refractivity contribution in [3.05, 3.63) is 34.6 Å². The number of halogens is 2. The third-order valence-corrected chi connectivity index (χ3v) is 4.56. The standard InChI is InChI=1S/C16H21ClFNO/c1-2-6-16(7-9-19-10-8-16)14(20)11-12-4-3-5-13(17)15(12)18/h3-5,19H,2,6-11H2,1H3.